The molecule has 14 rings (SSSR count). The maximum absolute atomic E-state index is 2.55. The number of nitrogens with zero attached hydrogens (tertiary/aromatic N) is 1. The maximum Gasteiger partial charge on any atom is 0.0720 e. The topological polar surface area (TPSA) is 3.24 Å². The molecule has 312 valence electrons. The standard InChI is InChI=1S/C66H43N/c1-2-17-44(18-3-1)45-33-37-48(38-34-45)67(49-39-35-47(36-40-49)52-26-16-20-46-19-4-5-21-51(46)52)50-41-42-63-64(43-50)66(59-29-12-8-24-55(59)56-25-9-13-30-60(56)66)62-32-15-14-31-61(62)65(63)57-27-10-6-22-53(57)54-23-7-11-28-58(54)65/h1-43H. The molecule has 0 heterocycles. The van der Waals surface area contributed by atoms with Crippen molar-refractivity contribution in [3.63, 3.8) is 0 Å². The van der Waals surface area contributed by atoms with E-state index >= 15 is 0 Å². The van der Waals surface area contributed by atoms with E-state index in [1.165, 1.54) is 99.8 Å². The van der Waals surface area contributed by atoms with Crippen LogP contribution in [-0.2, 0) is 10.8 Å². The second-order valence-corrected chi connectivity index (χ2v) is 18.3. The van der Waals surface area contributed by atoms with Gasteiger partial charge in [0.15, 0.2) is 0 Å². The van der Waals surface area contributed by atoms with Crippen LogP contribution >= 0.6 is 0 Å². The van der Waals surface area contributed by atoms with Crippen LogP contribution in [0.3, 0.4) is 0 Å². The maximum atomic E-state index is 2.55. The van der Waals surface area contributed by atoms with Crippen molar-refractivity contribution in [3.8, 4) is 44.5 Å². The van der Waals surface area contributed by atoms with Gasteiger partial charge in [0.2, 0.25) is 0 Å². The zero-order valence-electron chi connectivity index (χ0n) is 36.8. The molecule has 0 amide bonds. The van der Waals surface area contributed by atoms with Gasteiger partial charge in [0.25, 0.3) is 0 Å². The van der Waals surface area contributed by atoms with Gasteiger partial charge in [-0.15, -0.1) is 0 Å². The Morgan fingerprint density at radius 2 is 0.597 bits per heavy atom. The molecule has 0 saturated carbocycles. The summed E-state index contributed by atoms with van der Waals surface area (Å²) in [5.41, 5.74) is 22.8. The average molecular weight is 850 g/mol. The number of anilines is 3. The highest BCUT2D eigenvalue weighted by Crippen LogP contribution is 2.67. The first-order chi connectivity index (χ1) is 33.2. The summed E-state index contributed by atoms with van der Waals surface area (Å²) in [5, 5.41) is 2.50. The van der Waals surface area contributed by atoms with Crippen molar-refractivity contribution in [1.82, 2.24) is 0 Å². The minimum Gasteiger partial charge on any atom is -0.310 e. The minimum atomic E-state index is -0.589. The van der Waals surface area contributed by atoms with Crippen LogP contribution in [0.1, 0.15) is 44.5 Å². The average Bonchev–Trinajstić information content (AvgIpc) is 3.87. The molecule has 67 heavy (non-hydrogen) atoms. The van der Waals surface area contributed by atoms with Gasteiger partial charge in [-0.3, -0.25) is 0 Å². The van der Waals surface area contributed by atoms with E-state index in [-0.39, 0.29) is 0 Å². The molecule has 0 saturated heterocycles. The van der Waals surface area contributed by atoms with Gasteiger partial charge in [-0.2, -0.15) is 0 Å². The van der Waals surface area contributed by atoms with Crippen LogP contribution in [0.15, 0.2) is 261 Å². The first-order valence-electron chi connectivity index (χ1n) is 23.4. The van der Waals surface area contributed by atoms with Gasteiger partial charge >= 0.3 is 0 Å². The molecule has 1 nitrogen and oxygen atoms in total. The van der Waals surface area contributed by atoms with Crippen LogP contribution in [0, 0.1) is 0 Å². The van der Waals surface area contributed by atoms with Crippen LogP contribution in [0.2, 0.25) is 0 Å². The van der Waals surface area contributed by atoms with Crippen LogP contribution in [0.4, 0.5) is 17.1 Å². The molecule has 0 aromatic heterocycles. The number of benzene rings is 11. The van der Waals surface area contributed by atoms with Gasteiger partial charge in [-0.1, -0.05) is 224 Å². The molecule has 1 heteroatoms. The summed E-state index contributed by atoms with van der Waals surface area (Å²) in [4.78, 5) is 2.46. The molecule has 0 bridgehead atoms. The summed E-state index contributed by atoms with van der Waals surface area (Å²) in [5.74, 6) is 0. The molecule has 0 N–H and O–H groups in total. The van der Waals surface area contributed by atoms with Crippen molar-refractivity contribution in [3.05, 3.63) is 305 Å². The second-order valence-electron chi connectivity index (χ2n) is 18.3. The van der Waals surface area contributed by atoms with Crippen LogP contribution in [0.5, 0.6) is 0 Å². The minimum absolute atomic E-state index is 0.544. The first kappa shape index (κ1) is 37.8. The summed E-state index contributed by atoms with van der Waals surface area (Å²) >= 11 is 0. The summed E-state index contributed by atoms with van der Waals surface area (Å²) in [6.07, 6.45) is 0. The Hall–Kier alpha value is -8.52. The number of rotatable bonds is 5. The SMILES string of the molecule is c1ccc(-c2ccc(N(c3ccc(-c4cccc5ccccc45)cc3)c3ccc4c(c3)C3(c5ccccc5-c5ccccc53)c3ccccc3C43c4ccccc4-c4ccccc43)cc2)cc1. The lowest BCUT2D eigenvalue weighted by Gasteiger charge is -2.49. The largest absolute Gasteiger partial charge is 0.310 e. The number of hydrogen-bond donors (Lipinski definition) is 0. The molecule has 3 aliphatic carbocycles. The highest BCUT2D eigenvalue weighted by atomic mass is 15.1. The zero-order valence-corrected chi connectivity index (χ0v) is 36.8. The van der Waals surface area contributed by atoms with Crippen molar-refractivity contribution < 1.29 is 0 Å². The fourth-order valence-corrected chi connectivity index (χ4v) is 12.5. The van der Waals surface area contributed by atoms with Crippen molar-refractivity contribution >= 4 is 27.8 Å². The molecule has 0 radical (unpaired) electrons. The van der Waals surface area contributed by atoms with E-state index in [0.29, 0.717) is 0 Å². The van der Waals surface area contributed by atoms with Crippen molar-refractivity contribution in [2.24, 2.45) is 0 Å². The summed E-state index contributed by atoms with van der Waals surface area (Å²) in [7, 11) is 0. The fraction of sp³-hybridized carbons (Fsp3) is 0.0303. The van der Waals surface area contributed by atoms with E-state index in [1.807, 2.05) is 0 Å². The highest BCUT2D eigenvalue weighted by Gasteiger charge is 2.59. The Morgan fingerprint density at radius 1 is 0.224 bits per heavy atom. The number of hydrogen-bond acceptors (Lipinski definition) is 1. The smallest absolute Gasteiger partial charge is 0.0720 e. The molecule has 3 aliphatic rings. The summed E-state index contributed by atoms with van der Waals surface area (Å²) < 4.78 is 0. The molecule has 11 aromatic rings. The molecular weight excluding hydrogens is 807 g/mol. The highest BCUT2D eigenvalue weighted by molar-refractivity contribution is 5.98. The van der Waals surface area contributed by atoms with Crippen LogP contribution < -0.4 is 4.90 Å². The van der Waals surface area contributed by atoms with Crippen molar-refractivity contribution in [2.75, 3.05) is 4.90 Å². The normalized spacial score (nSPS) is 13.9. The molecule has 0 atom stereocenters. The summed E-state index contributed by atoms with van der Waals surface area (Å²) in [6.45, 7) is 0. The van der Waals surface area contributed by atoms with Gasteiger partial charge in [-0.25, -0.2) is 0 Å². The lowest BCUT2D eigenvalue weighted by atomic mass is 9.52. The Bertz CT molecular complexity index is 3650. The predicted molar refractivity (Wildman–Crippen MR) is 278 cm³/mol. The molecular formula is C66H43N. The Morgan fingerprint density at radius 3 is 1.15 bits per heavy atom. The molecule has 0 fully saturated rings. The number of fused-ring (bicyclic) bond motifs is 17. The molecule has 11 aromatic carbocycles. The van der Waals surface area contributed by atoms with Crippen LogP contribution in [0.25, 0.3) is 55.3 Å². The monoisotopic (exact) mass is 849 g/mol. The Kier molecular flexibility index (Phi) is 8.18. The lowest BCUT2D eigenvalue weighted by molar-refractivity contribution is 0.633. The lowest BCUT2D eigenvalue weighted by Crippen LogP contribution is -2.43. The van der Waals surface area contributed by atoms with Gasteiger partial charge in [0.1, 0.15) is 0 Å². The van der Waals surface area contributed by atoms with Gasteiger partial charge in [0.05, 0.1) is 10.8 Å². The third kappa shape index (κ3) is 5.20. The van der Waals surface area contributed by atoms with Crippen LogP contribution in [-0.4, -0.2) is 0 Å². The van der Waals surface area contributed by atoms with E-state index in [9.17, 15) is 0 Å². The van der Waals surface area contributed by atoms with E-state index in [2.05, 4.69) is 266 Å². The predicted octanol–water partition coefficient (Wildman–Crippen LogP) is 16.7. The van der Waals surface area contributed by atoms with E-state index in [1.54, 1.807) is 0 Å². The summed E-state index contributed by atoms with van der Waals surface area (Å²) in [6, 6.07) is 97.7. The van der Waals surface area contributed by atoms with Crippen molar-refractivity contribution in [1.29, 1.82) is 0 Å². The third-order valence-corrected chi connectivity index (χ3v) is 15.2. The fourth-order valence-electron chi connectivity index (χ4n) is 12.5. The van der Waals surface area contributed by atoms with Gasteiger partial charge in [0, 0.05) is 17.1 Å². The Labute approximate surface area is 391 Å². The third-order valence-electron chi connectivity index (χ3n) is 15.2. The molecule has 0 aliphatic heterocycles. The van der Waals surface area contributed by atoms with E-state index in [4.69, 9.17) is 0 Å². The van der Waals surface area contributed by atoms with Gasteiger partial charge in [-0.05, 0) is 136 Å². The van der Waals surface area contributed by atoms with E-state index in [0.717, 1.165) is 17.1 Å². The molecule has 0 unspecified atom stereocenters. The quantitative estimate of drug-likeness (QED) is 0.167. The van der Waals surface area contributed by atoms with Crippen molar-refractivity contribution in [2.45, 2.75) is 10.8 Å². The zero-order chi connectivity index (χ0) is 44.1. The van der Waals surface area contributed by atoms with E-state index < -0.39 is 10.8 Å². The molecule has 2 spiro atoms. The Balaban J connectivity index is 1.06. The first-order valence-corrected chi connectivity index (χ1v) is 23.4. The van der Waals surface area contributed by atoms with Gasteiger partial charge < -0.3 is 4.90 Å². The second kappa shape index (κ2) is 14.5.